The molecule has 2 aromatic rings. The van der Waals surface area contributed by atoms with E-state index in [1.165, 1.54) is 11.1 Å². The van der Waals surface area contributed by atoms with E-state index in [-0.39, 0.29) is 0 Å². The minimum Gasteiger partial charge on any atom is -0.491 e. The normalized spacial score (nSPS) is 18.7. The molecular weight excluding hydrogens is 336 g/mol. The summed E-state index contributed by atoms with van der Waals surface area (Å²) >= 11 is 0. The molecule has 0 aromatic heterocycles. The van der Waals surface area contributed by atoms with E-state index in [9.17, 15) is 5.11 Å². The summed E-state index contributed by atoms with van der Waals surface area (Å²) in [5, 5.41) is 13.8. The summed E-state index contributed by atoms with van der Waals surface area (Å²) in [5.41, 5.74) is 2.54. The Morgan fingerprint density at radius 3 is 2.63 bits per heavy atom. The van der Waals surface area contributed by atoms with E-state index in [1.807, 2.05) is 18.2 Å². The molecule has 0 radical (unpaired) electrons. The summed E-state index contributed by atoms with van der Waals surface area (Å²) in [6.45, 7) is 8.31. The van der Waals surface area contributed by atoms with Crippen LogP contribution < -0.4 is 10.1 Å². The molecule has 1 saturated heterocycles. The molecule has 0 spiro atoms. The average Bonchev–Trinajstić information content (AvgIpc) is 3.13. The van der Waals surface area contributed by atoms with Crippen LogP contribution in [0.5, 0.6) is 5.75 Å². The zero-order valence-corrected chi connectivity index (χ0v) is 16.5. The molecule has 1 aliphatic heterocycles. The number of likely N-dealkylation sites (tertiary alicyclic amines) is 1. The Balaban J connectivity index is 1.38. The predicted molar refractivity (Wildman–Crippen MR) is 110 cm³/mol. The lowest BCUT2D eigenvalue weighted by molar-refractivity contribution is 0.103. The smallest absolute Gasteiger partial charge is 0.122 e. The van der Waals surface area contributed by atoms with Crippen molar-refractivity contribution in [2.24, 2.45) is 0 Å². The van der Waals surface area contributed by atoms with E-state index < -0.39 is 6.10 Å². The van der Waals surface area contributed by atoms with Gasteiger partial charge in [0.15, 0.2) is 0 Å². The molecule has 4 heteroatoms. The number of para-hydroxylation sites is 1. The zero-order valence-electron chi connectivity index (χ0n) is 16.5. The summed E-state index contributed by atoms with van der Waals surface area (Å²) in [4.78, 5) is 2.47. The number of rotatable bonds is 9. The fraction of sp³-hybridized carbons (Fsp3) is 0.478. The summed E-state index contributed by atoms with van der Waals surface area (Å²) in [6, 6.07) is 19.1. The Labute approximate surface area is 163 Å². The molecule has 146 valence electrons. The molecular formula is C23H32N2O2. The highest BCUT2D eigenvalue weighted by molar-refractivity contribution is 5.35. The van der Waals surface area contributed by atoms with Crippen LogP contribution in [-0.4, -0.2) is 48.4 Å². The highest BCUT2D eigenvalue weighted by Gasteiger charge is 2.22. The largest absolute Gasteiger partial charge is 0.491 e. The van der Waals surface area contributed by atoms with Crippen LogP contribution in [0, 0.1) is 0 Å². The Hall–Kier alpha value is -1.88. The first-order valence-electron chi connectivity index (χ1n) is 10.0. The maximum Gasteiger partial charge on any atom is 0.122 e. The van der Waals surface area contributed by atoms with Gasteiger partial charge in [-0.25, -0.2) is 0 Å². The topological polar surface area (TPSA) is 44.7 Å². The molecule has 2 aromatic carbocycles. The minimum atomic E-state index is -0.506. The van der Waals surface area contributed by atoms with Crippen molar-refractivity contribution in [1.29, 1.82) is 0 Å². The maximum atomic E-state index is 10.3. The molecule has 0 bridgehead atoms. The van der Waals surface area contributed by atoms with Gasteiger partial charge in [0.25, 0.3) is 0 Å². The van der Waals surface area contributed by atoms with Crippen LogP contribution in [0.4, 0.5) is 0 Å². The van der Waals surface area contributed by atoms with Crippen molar-refractivity contribution in [3.63, 3.8) is 0 Å². The van der Waals surface area contributed by atoms with Gasteiger partial charge >= 0.3 is 0 Å². The van der Waals surface area contributed by atoms with Gasteiger partial charge in [-0.1, -0.05) is 62.4 Å². The number of hydrogen-bond acceptors (Lipinski definition) is 4. The van der Waals surface area contributed by atoms with Gasteiger partial charge in [0.05, 0.1) is 0 Å². The monoisotopic (exact) mass is 368 g/mol. The maximum absolute atomic E-state index is 10.3. The predicted octanol–water partition coefficient (Wildman–Crippen LogP) is 3.41. The Bertz CT molecular complexity index is 690. The van der Waals surface area contributed by atoms with E-state index in [1.54, 1.807) is 0 Å². The Kier molecular flexibility index (Phi) is 7.27. The van der Waals surface area contributed by atoms with Gasteiger partial charge in [-0.15, -0.1) is 0 Å². The first-order valence-corrected chi connectivity index (χ1v) is 10.0. The summed E-state index contributed by atoms with van der Waals surface area (Å²) in [7, 11) is 0. The lowest BCUT2D eigenvalue weighted by Gasteiger charge is -2.19. The van der Waals surface area contributed by atoms with Gasteiger partial charge in [-0.2, -0.15) is 0 Å². The quantitative estimate of drug-likeness (QED) is 0.712. The van der Waals surface area contributed by atoms with E-state index in [0.29, 0.717) is 25.1 Å². The molecule has 2 N–H and O–H groups in total. The van der Waals surface area contributed by atoms with Gasteiger partial charge in [0.2, 0.25) is 0 Å². The van der Waals surface area contributed by atoms with Crippen molar-refractivity contribution in [3.8, 4) is 5.75 Å². The van der Waals surface area contributed by atoms with E-state index in [4.69, 9.17) is 4.74 Å². The van der Waals surface area contributed by atoms with Crippen LogP contribution in [0.1, 0.15) is 37.3 Å². The molecule has 1 heterocycles. The van der Waals surface area contributed by atoms with E-state index >= 15 is 0 Å². The van der Waals surface area contributed by atoms with E-state index in [2.05, 4.69) is 60.5 Å². The fourth-order valence-corrected chi connectivity index (χ4v) is 3.62. The van der Waals surface area contributed by atoms with Crippen molar-refractivity contribution in [3.05, 3.63) is 65.7 Å². The van der Waals surface area contributed by atoms with Gasteiger partial charge in [-0.05, 0) is 29.5 Å². The highest BCUT2D eigenvalue weighted by Crippen LogP contribution is 2.25. The first kappa shape index (κ1) is 19.9. The molecule has 3 rings (SSSR count). The van der Waals surface area contributed by atoms with Gasteiger partial charge in [-0.3, -0.25) is 4.90 Å². The van der Waals surface area contributed by atoms with Crippen LogP contribution >= 0.6 is 0 Å². The van der Waals surface area contributed by atoms with Crippen molar-refractivity contribution in [1.82, 2.24) is 10.2 Å². The summed E-state index contributed by atoms with van der Waals surface area (Å²) in [5.74, 6) is 1.28. The summed E-state index contributed by atoms with van der Waals surface area (Å²) in [6.07, 6.45) is 0.616. The molecule has 0 aliphatic carbocycles. The molecule has 2 atom stereocenters. The minimum absolute atomic E-state index is 0.317. The van der Waals surface area contributed by atoms with Gasteiger partial charge < -0.3 is 15.2 Å². The number of aliphatic hydroxyl groups is 1. The molecule has 1 fully saturated rings. The Morgan fingerprint density at radius 1 is 1.11 bits per heavy atom. The molecule has 0 unspecified atom stereocenters. The summed E-state index contributed by atoms with van der Waals surface area (Å²) < 4.78 is 5.88. The number of nitrogens with zero attached hydrogens (tertiary/aromatic N) is 1. The first-order chi connectivity index (χ1) is 13.1. The van der Waals surface area contributed by atoms with Crippen LogP contribution in [0.2, 0.25) is 0 Å². The Morgan fingerprint density at radius 2 is 1.85 bits per heavy atom. The van der Waals surface area contributed by atoms with Crippen molar-refractivity contribution in [2.45, 2.75) is 44.9 Å². The lowest BCUT2D eigenvalue weighted by atomic mass is 10.0. The zero-order chi connectivity index (χ0) is 19.1. The van der Waals surface area contributed by atoms with Gasteiger partial charge in [0, 0.05) is 32.2 Å². The fourth-order valence-electron chi connectivity index (χ4n) is 3.62. The molecule has 1 aliphatic rings. The van der Waals surface area contributed by atoms with Crippen LogP contribution in [0.25, 0.3) is 0 Å². The third-order valence-corrected chi connectivity index (χ3v) is 5.14. The van der Waals surface area contributed by atoms with Crippen LogP contribution in [0.3, 0.4) is 0 Å². The third-order valence-electron chi connectivity index (χ3n) is 5.14. The lowest BCUT2D eigenvalue weighted by Crippen LogP contribution is -2.39. The van der Waals surface area contributed by atoms with Crippen molar-refractivity contribution < 1.29 is 9.84 Å². The second-order valence-corrected chi connectivity index (χ2v) is 7.77. The van der Waals surface area contributed by atoms with Crippen molar-refractivity contribution >= 4 is 0 Å². The van der Waals surface area contributed by atoms with Crippen LogP contribution in [-0.2, 0) is 6.54 Å². The van der Waals surface area contributed by atoms with Crippen LogP contribution in [0.15, 0.2) is 54.6 Å². The molecule has 27 heavy (non-hydrogen) atoms. The standard InChI is InChI=1S/C23H32N2O2/c1-18(2)22-10-6-7-11-23(22)27-17-21(26)14-24-20-12-13-25(16-20)15-19-8-4-3-5-9-19/h3-11,18,20-21,24,26H,12-17H2,1-2H3/t20-,21-/m0/s1. The number of nitrogens with one attached hydrogen (secondary N) is 1. The second kappa shape index (κ2) is 9.88. The SMILES string of the molecule is CC(C)c1ccccc1OC[C@@H](O)CN[C@H]1CCN(Cc2ccccc2)C1. The van der Waals surface area contributed by atoms with E-state index in [0.717, 1.165) is 31.8 Å². The third kappa shape index (κ3) is 6.06. The molecule has 4 nitrogen and oxygen atoms in total. The number of ether oxygens (including phenoxy) is 1. The molecule has 0 amide bonds. The number of hydrogen-bond donors (Lipinski definition) is 2. The average molecular weight is 369 g/mol. The van der Waals surface area contributed by atoms with Gasteiger partial charge in [0.1, 0.15) is 18.5 Å². The van der Waals surface area contributed by atoms with Crippen molar-refractivity contribution in [2.75, 3.05) is 26.2 Å². The second-order valence-electron chi connectivity index (χ2n) is 7.77. The number of aliphatic hydroxyl groups excluding tert-OH is 1. The molecule has 0 saturated carbocycles. The number of benzene rings is 2. The highest BCUT2D eigenvalue weighted by atomic mass is 16.5.